The molecule has 0 radical (unpaired) electrons. The Morgan fingerprint density at radius 1 is 1.18 bits per heavy atom. The number of nitrogens with one attached hydrogen (secondary N) is 2. The summed E-state index contributed by atoms with van der Waals surface area (Å²) in [6, 6.07) is 18.1. The lowest BCUT2D eigenvalue weighted by atomic mass is 10.0. The zero-order valence-corrected chi connectivity index (χ0v) is 15.2. The van der Waals surface area contributed by atoms with Crippen molar-refractivity contribution in [1.29, 1.82) is 0 Å². The number of rotatable bonds is 6. The second-order valence-corrected chi connectivity index (χ2v) is 6.19. The molecule has 142 valence electrons. The Kier molecular flexibility index (Phi) is 6.25. The summed E-state index contributed by atoms with van der Waals surface area (Å²) >= 11 is 0. The third kappa shape index (κ3) is 5.11. The van der Waals surface area contributed by atoms with E-state index in [4.69, 9.17) is 5.73 Å². The first-order chi connectivity index (χ1) is 13.7. The average Bonchev–Trinajstić information content (AvgIpc) is 2.73. The van der Waals surface area contributed by atoms with Crippen molar-refractivity contribution in [1.82, 2.24) is 10.6 Å². The highest BCUT2D eigenvalue weighted by molar-refractivity contribution is 6.12. The van der Waals surface area contributed by atoms with Crippen LogP contribution < -0.4 is 16.4 Å². The van der Waals surface area contributed by atoms with Crippen LogP contribution in [0.5, 0.6) is 0 Å². The number of hydrogen-bond donors (Lipinski definition) is 4. The molecule has 28 heavy (non-hydrogen) atoms. The second kappa shape index (κ2) is 9.23. The van der Waals surface area contributed by atoms with E-state index in [0.29, 0.717) is 6.54 Å². The standard InChI is InChI=1S/C22H22N4O2/c23-13-19(15-25-21-12-20(27)9-10-24-21)22(28)26-14-16-5-4-8-18(11-16)17-6-2-1-3-7-17/h1-13,15,21,24,27H,14,23H2,(H,26,28)/b19-13+,25-15+. The lowest BCUT2D eigenvalue weighted by molar-refractivity contribution is -0.117. The van der Waals surface area contributed by atoms with Crippen LogP contribution >= 0.6 is 0 Å². The zero-order valence-electron chi connectivity index (χ0n) is 15.2. The molecule has 0 saturated heterocycles. The van der Waals surface area contributed by atoms with Crippen molar-refractivity contribution in [3.63, 3.8) is 0 Å². The van der Waals surface area contributed by atoms with Gasteiger partial charge in [0.15, 0.2) is 0 Å². The smallest absolute Gasteiger partial charge is 0.254 e. The summed E-state index contributed by atoms with van der Waals surface area (Å²) in [5, 5.41) is 15.2. The van der Waals surface area contributed by atoms with Crippen molar-refractivity contribution < 1.29 is 9.90 Å². The maximum absolute atomic E-state index is 12.4. The maximum Gasteiger partial charge on any atom is 0.254 e. The molecule has 2 aromatic rings. The van der Waals surface area contributed by atoms with E-state index in [1.807, 2.05) is 54.6 Å². The van der Waals surface area contributed by atoms with Gasteiger partial charge in [-0.15, -0.1) is 0 Å². The summed E-state index contributed by atoms with van der Waals surface area (Å²) in [6.07, 6.45) is 6.77. The van der Waals surface area contributed by atoms with Gasteiger partial charge in [-0.05, 0) is 28.8 Å². The molecule has 2 aromatic carbocycles. The minimum atomic E-state index is -0.449. The fraction of sp³-hybridized carbons (Fsp3) is 0.0909. The number of amides is 1. The number of aliphatic imine (C=N–C) groups is 1. The fourth-order valence-corrected chi connectivity index (χ4v) is 2.70. The van der Waals surface area contributed by atoms with E-state index in [2.05, 4.69) is 15.6 Å². The Morgan fingerprint density at radius 2 is 1.96 bits per heavy atom. The Hall–Kier alpha value is -3.80. The van der Waals surface area contributed by atoms with Gasteiger partial charge in [-0.2, -0.15) is 0 Å². The molecule has 0 fully saturated rings. The molecule has 1 heterocycles. The van der Waals surface area contributed by atoms with Gasteiger partial charge in [-0.25, -0.2) is 0 Å². The summed E-state index contributed by atoms with van der Waals surface area (Å²) in [6.45, 7) is 0.371. The number of nitrogens with zero attached hydrogens (tertiary/aromatic N) is 1. The van der Waals surface area contributed by atoms with Gasteiger partial charge in [-0.3, -0.25) is 9.79 Å². The van der Waals surface area contributed by atoms with E-state index < -0.39 is 6.17 Å². The second-order valence-electron chi connectivity index (χ2n) is 6.19. The van der Waals surface area contributed by atoms with Crippen LogP contribution in [0.4, 0.5) is 0 Å². The van der Waals surface area contributed by atoms with E-state index in [1.165, 1.54) is 24.6 Å². The molecular weight excluding hydrogens is 352 g/mol. The number of benzene rings is 2. The summed E-state index contributed by atoms with van der Waals surface area (Å²) in [7, 11) is 0. The minimum absolute atomic E-state index is 0.113. The average molecular weight is 374 g/mol. The van der Waals surface area contributed by atoms with Gasteiger partial charge in [0.1, 0.15) is 11.9 Å². The molecule has 5 N–H and O–H groups in total. The first-order valence-electron chi connectivity index (χ1n) is 8.87. The van der Waals surface area contributed by atoms with Crippen molar-refractivity contribution in [2.45, 2.75) is 12.7 Å². The van der Waals surface area contributed by atoms with Crippen molar-refractivity contribution in [3.05, 3.63) is 96.0 Å². The van der Waals surface area contributed by atoms with E-state index in [9.17, 15) is 9.90 Å². The van der Waals surface area contributed by atoms with E-state index in [-0.39, 0.29) is 17.2 Å². The number of carbonyl (C=O) groups is 1. The zero-order chi connectivity index (χ0) is 19.8. The van der Waals surface area contributed by atoms with Crippen molar-refractivity contribution in [2.75, 3.05) is 0 Å². The summed E-state index contributed by atoms with van der Waals surface area (Å²) in [5.74, 6) is -0.210. The first kappa shape index (κ1) is 19.0. The number of dihydropyridines is 1. The van der Waals surface area contributed by atoms with Crippen LogP contribution in [0.25, 0.3) is 11.1 Å². The monoisotopic (exact) mass is 374 g/mol. The number of aliphatic hydroxyl groups excluding tert-OH is 1. The molecule has 0 spiro atoms. The van der Waals surface area contributed by atoms with Crippen LogP contribution in [-0.4, -0.2) is 23.4 Å². The molecule has 1 aliphatic heterocycles. The van der Waals surface area contributed by atoms with Crippen molar-refractivity contribution >= 4 is 12.1 Å². The van der Waals surface area contributed by atoms with Crippen molar-refractivity contribution in [3.8, 4) is 11.1 Å². The van der Waals surface area contributed by atoms with Gasteiger partial charge in [0.25, 0.3) is 5.91 Å². The predicted molar refractivity (Wildman–Crippen MR) is 111 cm³/mol. The third-order valence-electron chi connectivity index (χ3n) is 4.15. The molecule has 1 aliphatic rings. The highest BCUT2D eigenvalue weighted by Gasteiger charge is 2.09. The van der Waals surface area contributed by atoms with Crippen LogP contribution in [0.3, 0.4) is 0 Å². The van der Waals surface area contributed by atoms with Crippen LogP contribution in [0.1, 0.15) is 5.56 Å². The number of allylic oxidation sites excluding steroid dienone is 1. The molecule has 0 aliphatic carbocycles. The van der Waals surface area contributed by atoms with Crippen LogP contribution in [-0.2, 0) is 11.3 Å². The van der Waals surface area contributed by atoms with Crippen LogP contribution in [0.2, 0.25) is 0 Å². The van der Waals surface area contributed by atoms with Gasteiger partial charge < -0.3 is 21.5 Å². The summed E-state index contributed by atoms with van der Waals surface area (Å²) in [4.78, 5) is 16.6. The molecule has 0 saturated carbocycles. The normalized spacial score (nSPS) is 16.5. The lowest BCUT2D eigenvalue weighted by Crippen LogP contribution is -2.27. The fourth-order valence-electron chi connectivity index (χ4n) is 2.70. The summed E-state index contributed by atoms with van der Waals surface area (Å²) < 4.78 is 0. The molecule has 0 aromatic heterocycles. The Morgan fingerprint density at radius 3 is 2.71 bits per heavy atom. The van der Waals surface area contributed by atoms with E-state index >= 15 is 0 Å². The van der Waals surface area contributed by atoms with E-state index in [1.54, 1.807) is 6.20 Å². The highest BCUT2D eigenvalue weighted by atomic mass is 16.3. The SMILES string of the molecule is N/C=C(\C=N\C1C=C(O)C=CN1)C(=O)NCc1cccc(-c2ccccc2)c1. The number of hydrogen-bond acceptors (Lipinski definition) is 5. The molecular formula is C22H22N4O2. The van der Waals surface area contributed by atoms with Crippen molar-refractivity contribution in [2.24, 2.45) is 10.7 Å². The third-order valence-corrected chi connectivity index (χ3v) is 4.15. The first-order valence-corrected chi connectivity index (χ1v) is 8.87. The summed E-state index contributed by atoms with van der Waals surface area (Å²) in [5.41, 5.74) is 9.00. The quantitative estimate of drug-likeness (QED) is 0.461. The molecule has 3 rings (SSSR count). The Balaban J connectivity index is 1.61. The maximum atomic E-state index is 12.4. The van der Waals surface area contributed by atoms with Crippen LogP contribution in [0.15, 0.2) is 95.5 Å². The molecule has 1 amide bonds. The molecule has 0 bridgehead atoms. The number of aliphatic hydroxyl groups is 1. The van der Waals surface area contributed by atoms with Gasteiger partial charge in [-0.1, -0.05) is 48.5 Å². The lowest BCUT2D eigenvalue weighted by Gasteiger charge is -2.12. The predicted octanol–water partition coefficient (Wildman–Crippen LogP) is 2.77. The Labute approximate surface area is 163 Å². The number of nitrogens with two attached hydrogens (primary N) is 1. The highest BCUT2D eigenvalue weighted by Crippen LogP contribution is 2.19. The van der Waals surface area contributed by atoms with Gasteiger partial charge in [0.2, 0.25) is 0 Å². The van der Waals surface area contributed by atoms with Gasteiger partial charge in [0, 0.05) is 31.2 Å². The van der Waals surface area contributed by atoms with Gasteiger partial charge in [0.05, 0.1) is 5.57 Å². The molecule has 1 atom stereocenters. The van der Waals surface area contributed by atoms with Crippen LogP contribution in [0, 0.1) is 0 Å². The number of carbonyl (C=O) groups excluding carboxylic acids is 1. The molecule has 1 unspecified atom stereocenters. The largest absolute Gasteiger partial charge is 0.508 e. The molecule has 6 nitrogen and oxygen atoms in total. The topological polar surface area (TPSA) is 99.7 Å². The molecule has 6 heteroatoms. The van der Waals surface area contributed by atoms with Gasteiger partial charge >= 0.3 is 0 Å². The Bertz CT molecular complexity index is 946. The van der Waals surface area contributed by atoms with E-state index in [0.717, 1.165) is 16.7 Å². The minimum Gasteiger partial charge on any atom is -0.508 e.